The summed E-state index contributed by atoms with van der Waals surface area (Å²) in [5, 5.41) is 8.52. The molecule has 0 spiro atoms. The number of nitrogens with two attached hydrogens (primary N) is 1. The number of nitrogens with one attached hydrogen (secondary N) is 2. The van der Waals surface area contributed by atoms with Crippen LogP contribution in [0, 0.1) is 0 Å². The number of hydrogen-bond donors (Lipinski definition) is 4. The van der Waals surface area contributed by atoms with Crippen LogP contribution in [0.4, 0.5) is 15.5 Å². The first kappa shape index (κ1) is 29.0. The van der Waals surface area contributed by atoms with E-state index < -0.39 is 41.0 Å². The highest BCUT2D eigenvalue weighted by atomic mass is 16.6. The number of fused-ring (bicyclic) bond motifs is 1. The summed E-state index contributed by atoms with van der Waals surface area (Å²) in [6, 6.07) is 8.54. The average Bonchev–Trinajstić information content (AvgIpc) is 3.22. The van der Waals surface area contributed by atoms with Gasteiger partial charge in [0.15, 0.2) is 11.2 Å². The molecule has 0 saturated carbocycles. The standard InChI is InChI=1S/C15H21N5O5.C9H11NO2/c1-14(2,3)24-12(22)20(13(23)25-15(4,5)6)11-18-9-8(10(21)19-11)16-7-17-9;10-8(9(11)12)6-7-4-2-1-3-5-7/h7H,1-6H3,(H2,16,17,18,19,21);1-5,8H,6,10H2,(H,11,12)/t;8-/m.0/s1. The second-order valence-electron chi connectivity index (χ2n) is 9.92. The van der Waals surface area contributed by atoms with Crippen molar-refractivity contribution in [1.29, 1.82) is 0 Å². The summed E-state index contributed by atoms with van der Waals surface area (Å²) in [7, 11) is 0. The molecule has 0 aliphatic carbocycles. The van der Waals surface area contributed by atoms with E-state index in [0.29, 0.717) is 11.3 Å². The smallest absolute Gasteiger partial charge is 0.427 e. The van der Waals surface area contributed by atoms with E-state index in [1.807, 2.05) is 30.3 Å². The maximum Gasteiger partial charge on any atom is 0.427 e. The number of rotatable bonds is 4. The lowest BCUT2D eigenvalue weighted by molar-refractivity contribution is -0.138. The molecule has 5 N–H and O–H groups in total. The van der Waals surface area contributed by atoms with Crippen molar-refractivity contribution in [2.24, 2.45) is 5.73 Å². The normalized spacial score (nSPS) is 12.2. The highest BCUT2D eigenvalue weighted by Crippen LogP contribution is 2.19. The fourth-order valence-electron chi connectivity index (χ4n) is 2.76. The van der Waals surface area contributed by atoms with E-state index in [0.717, 1.165) is 5.56 Å². The number of ether oxygens (including phenoxy) is 2. The van der Waals surface area contributed by atoms with Gasteiger partial charge in [-0.3, -0.25) is 14.6 Å². The van der Waals surface area contributed by atoms with Gasteiger partial charge in [-0.15, -0.1) is 4.90 Å². The number of hydrogen-bond acceptors (Lipinski definition) is 9. The van der Waals surface area contributed by atoms with Gasteiger partial charge in [-0.25, -0.2) is 14.6 Å². The molecule has 3 rings (SSSR count). The van der Waals surface area contributed by atoms with Gasteiger partial charge >= 0.3 is 18.2 Å². The molecule has 1 aromatic carbocycles. The molecule has 13 heteroatoms. The number of imidazole rings is 1. The maximum absolute atomic E-state index is 12.5. The summed E-state index contributed by atoms with van der Waals surface area (Å²) in [5.74, 6) is -1.30. The minimum atomic E-state index is -1.03. The van der Waals surface area contributed by atoms with Crippen LogP contribution in [0.3, 0.4) is 0 Å². The van der Waals surface area contributed by atoms with E-state index in [1.54, 1.807) is 41.5 Å². The van der Waals surface area contributed by atoms with Crippen LogP contribution in [0.25, 0.3) is 11.2 Å². The fourth-order valence-corrected chi connectivity index (χ4v) is 2.76. The lowest BCUT2D eigenvalue weighted by Gasteiger charge is -2.27. The first-order valence-electron chi connectivity index (χ1n) is 11.3. The number of imide groups is 1. The van der Waals surface area contributed by atoms with Gasteiger partial charge in [0.2, 0.25) is 5.95 Å². The summed E-state index contributed by atoms with van der Waals surface area (Å²) in [6.45, 7) is 9.86. The first-order valence-corrected chi connectivity index (χ1v) is 11.3. The van der Waals surface area contributed by atoms with Gasteiger partial charge in [0, 0.05) is 0 Å². The molecule has 3 aromatic rings. The molecule has 2 amide bonds. The number of amides is 2. The van der Waals surface area contributed by atoms with Crippen LogP contribution in [0.15, 0.2) is 41.5 Å². The largest absolute Gasteiger partial charge is 0.480 e. The highest BCUT2D eigenvalue weighted by Gasteiger charge is 2.34. The van der Waals surface area contributed by atoms with E-state index in [-0.39, 0.29) is 17.1 Å². The minimum absolute atomic E-state index is 0.0517. The Labute approximate surface area is 213 Å². The van der Waals surface area contributed by atoms with Crippen LogP contribution in [-0.2, 0) is 20.7 Å². The number of aromatic nitrogens is 4. The second-order valence-corrected chi connectivity index (χ2v) is 9.92. The van der Waals surface area contributed by atoms with Gasteiger partial charge in [-0.2, -0.15) is 4.98 Å². The van der Waals surface area contributed by atoms with E-state index in [9.17, 15) is 19.2 Å². The zero-order chi connectivity index (χ0) is 28.0. The third-order valence-corrected chi connectivity index (χ3v) is 4.26. The number of anilines is 1. The lowest BCUT2D eigenvalue weighted by Crippen LogP contribution is -2.45. The highest BCUT2D eigenvalue weighted by molar-refractivity contribution is 6.08. The zero-order valence-electron chi connectivity index (χ0n) is 21.6. The van der Waals surface area contributed by atoms with Gasteiger partial charge < -0.3 is 25.3 Å². The summed E-state index contributed by atoms with van der Waals surface area (Å²) >= 11 is 0. The molecule has 0 aliphatic rings. The lowest BCUT2D eigenvalue weighted by atomic mass is 10.1. The number of carbonyl (C=O) groups excluding carboxylic acids is 2. The van der Waals surface area contributed by atoms with Gasteiger partial charge in [-0.1, -0.05) is 30.3 Å². The quantitative estimate of drug-likeness (QED) is 0.400. The Morgan fingerprint density at radius 2 is 1.57 bits per heavy atom. The molecule has 37 heavy (non-hydrogen) atoms. The van der Waals surface area contributed by atoms with Crippen molar-refractivity contribution in [3.8, 4) is 0 Å². The molecular weight excluding hydrogens is 484 g/mol. The third kappa shape index (κ3) is 9.04. The van der Waals surface area contributed by atoms with Crippen molar-refractivity contribution in [2.45, 2.75) is 65.2 Å². The number of H-pyrrole nitrogens is 2. The van der Waals surface area contributed by atoms with Crippen LogP contribution in [-0.4, -0.2) is 60.4 Å². The Hall–Kier alpha value is -4.26. The molecule has 1 atom stereocenters. The number of benzene rings is 1. The number of aliphatic carboxylic acids is 1. The predicted octanol–water partition coefficient (Wildman–Crippen LogP) is 2.96. The molecule has 0 unspecified atom stereocenters. The molecule has 13 nitrogen and oxygen atoms in total. The molecule has 0 aliphatic heterocycles. The molecule has 0 bridgehead atoms. The minimum Gasteiger partial charge on any atom is -0.480 e. The van der Waals surface area contributed by atoms with Crippen molar-refractivity contribution in [1.82, 2.24) is 19.9 Å². The van der Waals surface area contributed by atoms with Crippen molar-refractivity contribution >= 4 is 35.3 Å². The Morgan fingerprint density at radius 1 is 1.03 bits per heavy atom. The number of carboxylic acids is 1. The van der Waals surface area contributed by atoms with E-state index in [2.05, 4.69) is 19.9 Å². The maximum atomic E-state index is 12.5. The number of carbonyl (C=O) groups is 3. The Bertz CT molecular complexity index is 1260. The molecule has 2 heterocycles. The van der Waals surface area contributed by atoms with Gasteiger partial charge in [0.25, 0.3) is 5.56 Å². The summed E-state index contributed by atoms with van der Waals surface area (Å²) in [4.78, 5) is 60.8. The third-order valence-electron chi connectivity index (χ3n) is 4.26. The second kappa shape index (κ2) is 11.6. The van der Waals surface area contributed by atoms with Gasteiger partial charge in [-0.05, 0) is 53.5 Å². The predicted molar refractivity (Wildman–Crippen MR) is 135 cm³/mol. The number of nitrogens with zero attached hydrogens (tertiary/aromatic N) is 3. The van der Waals surface area contributed by atoms with E-state index in [1.165, 1.54) is 6.33 Å². The zero-order valence-corrected chi connectivity index (χ0v) is 21.6. The van der Waals surface area contributed by atoms with Crippen molar-refractivity contribution in [2.75, 3.05) is 4.90 Å². The number of carboxylic acid groups (broad SMARTS) is 1. The van der Waals surface area contributed by atoms with E-state index in [4.69, 9.17) is 20.3 Å². The summed E-state index contributed by atoms with van der Waals surface area (Å²) < 4.78 is 10.4. The Balaban J connectivity index is 0.000000335. The Kier molecular flexibility index (Phi) is 9.12. The molecule has 200 valence electrons. The first-order chi connectivity index (χ1) is 17.1. The number of aromatic amines is 2. The monoisotopic (exact) mass is 516 g/mol. The Morgan fingerprint density at radius 3 is 2.05 bits per heavy atom. The van der Waals surface area contributed by atoms with E-state index >= 15 is 0 Å². The van der Waals surface area contributed by atoms with Crippen LogP contribution in [0.2, 0.25) is 0 Å². The van der Waals surface area contributed by atoms with Gasteiger partial charge in [0.1, 0.15) is 17.2 Å². The van der Waals surface area contributed by atoms with Crippen molar-refractivity contribution in [3.63, 3.8) is 0 Å². The van der Waals surface area contributed by atoms with Crippen LogP contribution in [0.1, 0.15) is 47.1 Å². The molecular formula is C24H32N6O7. The molecule has 0 saturated heterocycles. The van der Waals surface area contributed by atoms with Crippen molar-refractivity contribution in [3.05, 3.63) is 52.6 Å². The summed E-state index contributed by atoms with van der Waals surface area (Å²) in [5.41, 5.74) is 4.15. The van der Waals surface area contributed by atoms with Crippen LogP contribution < -0.4 is 16.2 Å². The molecule has 0 radical (unpaired) electrons. The topological polar surface area (TPSA) is 194 Å². The molecule has 2 aromatic heterocycles. The van der Waals surface area contributed by atoms with Crippen molar-refractivity contribution < 1.29 is 29.0 Å². The fraction of sp³-hybridized carbons (Fsp3) is 0.417. The average molecular weight is 517 g/mol. The van der Waals surface area contributed by atoms with Crippen LogP contribution in [0.5, 0.6) is 0 Å². The van der Waals surface area contributed by atoms with Gasteiger partial charge in [0.05, 0.1) is 6.33 Å². The SMILES string of the molecule is CC(C)(C)OC(=O)N(C(=O)OC(C)(C)C)c1nc2nc[nH]c2c(=O)[nH]1.N[C@@H](Cc1ccccc1)C(=O)O. The summed E-state index contributed by atoms with van der Waals surface area (Å²) in [6.07, 6.45) is -0.391. The van der Waals surface area contributed by atoms with Crippen LogP contribution >= 0.6 is 0 Å². The molecule has 0 fully saturated rings.